The average molecular weight is 489 g/mol. The number of carbonyl (C=O) groups excluding carboxylic acids is 2. The van der Waals surface area contributed by atoms with E-state index in [1.165, 1.54) is 30.3 Å². The van der Waals surface area contributed by atoms with E-state index in [1.54, 1.807) is 37.3 Å². The molecule has 174 valence electrons. The van der Waals surface area contributed by atoms with Gasteiger partial charge in [-0.2, -0.15) is 23.3 Å². The lowest BCUT2D eigenvalue weighted by Crippen LogP contribution is -2.25. The van der Waals surface area contributed by atoms with E-state index in [0.29, 0.717) is 26.9 Å². The molecule has 0 saturated heterocycles. The summed E-state index contributed by atoms with van der Waals surface area (Å²) in [5, 5.41) is 4.54. The van der Waals surface area contributed by atoms with Crippen molar-refractivity contribution >= 4 is 41.0 Å². The SMILES string of the molecule is CCOC(=O)c1ccc(-c2ccc(/C=C3\C(=O)N(c4ccc(Cl)cc4)N=C3C(F)(F)F)o2)cc1. The quantitative estimate of drug-likeness (QED) is 0.320. The van der Waals surface area contributed by atoms with Crippen LogP contribution < -0.4 is 5.01 Å². The van der Waals surface area contributed by atoms with Crippen molar-refractivity contribution in [2.24, 2.45) is 5.10 Å². The molecule has 10 heteroatoms. The van der Waals surface area contributed by atoms with Crippen molar-refractivity contribution in [1.82, 2.24) is 0 Å². The van der Waals surface area contributed by atoms with Crippen molar-refractivity contribution in [3.63, 3.8) is 0 Å². The number of rotatable bonds is 5. The Morgan fingerprint density at radius 2 is 1.76 bits per heavy atom. The van der Waals surface area contributed by atoms with Gasteiger partial charge in [0, 0.05) is 10.6 Å². The Morgan fingerprint density at radius 1 is 1.09 bits per heavy atom. The molecule has 3 aromatic rings. The van der Waals surface area contributed by atoms with Gasteiger partial charge in [-0.1, -0.05) is 23.7 Å². The summed E-state index contributed by atoms with van der Waals surface area (Å²) in [5.74, 6) is -1.05. The van der Waals surface area contributed by atoms with Gasteiger partial charge in [0.05, 0.1) is 23.4 Å². The Bertz CT molecular complexity index is 1290. The Kier molecular flexibility index (Phi) is 6.30. The van der Waals surface area contributed by atoms with Crippen LogP contribution in [0.1, 0.15) is 23.0 Å². The van der Waals surface area contributed by atoms with Crippen LogP contribution >= 0.6 is 11.6 Å². The standard InChI is InChI=1S/C24H16ClF3N2O4/c1-2-33-23(32)15-5-3-14(4-6-15)20-12-11-18(34-20)13-19-21(24(26,27)28)29-30(22(19)31)17-9-7-16(25)8-10-17/h3-13H,2H2,1H3/b19-13-. The molecule has 0 fully saturated rings. The molecule has 2 heterocycles. The molecule has 1 aliphatic rings. The summed E-state index contributed by atoms with van der Waals surface area (Å²) >= 11 is 5.82. The van der Waals surface area contributed by atoms with Crippen molar-refractivity contribution in [2.45, 2.75) is 13.1 Å². The number of benzene rings is 2. The lowest BCUT2D eigenvalue weighted by molar-refractivity contribution is -0.114. The van der Waals surface area contributed by atoms with Crippen LogP contribution in [-0.2, 0) is 9.53 Å². The molecule has 1 amide bonds. The van der Waals surface area contributed by atoms with E-state index < -0.39 is 29.3 Å². The summed E-state index contributed by atoms with van der Waals surface area (Å²) in [6, 6.07) is 15.0. The van der Waals surface area contributed by atoms with Gasteiger partial charge in [0.2, 0.25) is 0 Å². The molecule has 0 unspecified atom stereocenters. The van der Waals surface area contributed by atoms with Crippen LogP contribution in [0.4, 0.5) is 18.9 Å². The minimum absolute atomic E-state index is 0.0303. The molecule has 0 aliphatic carbocycles. The first-order valence-electron chi connectivity index (χ1n) is 10.0. The zero-order valence-electron chi connectivity index (χ0n) is 17.6. The zero-order valence-corrected chi connectivity index (χ0v) is 18.4. The number of hydrazone groups is 1. The van der Waals surface area contributed by atoms with E-state index in [9.17, 15) is 22.8 Å². The van der Waals surface area contributed by atoms with Crippen molar-refractivity contribution < 1.29 is 31.9 Å². The number of hydrogen-bond acceptors (Lipinski definition) is 5. The van der Waals surface area contributed by atoms with Gasteiger partial charge in [-0.3, -0.25) is 4.79 Å². The number of alkyl halides is 3. The molecule has 34 heavy (non-hydrogen) atoms. The zero-order chi connectivity index (χ0) is 24.5. The molecule has 4 rings (SSSR count). The van der Waals surface area contributed by atoms with Gasteiger partial charge in [-0.05, 0) is 61.5 Å². The fraction of sp³-hybridized carbons (Fsp3) is 0.125. The normalized spacial score (nSPS) is 15.1. The first kappa shape index (κ1) is 23.3. The molecule has 1 aliphatic heterocycles. The second-order valence-corrected chi connectivity index (χ2v) is 7.53. The highest BCUT2D eigenvalue weighted by molar-refractivity contribution is 6.34. The molecular formula is C24H16ClF3N2O4. The number of anilines is 1. The monoisotopic (exact) mass is 488 g/mol. The molecule has 6 nitrogen and oxygen atoms in total. The summed E-state index contributed by atoms with van der Waals surface area (Å²) in [6.45, 7) is 1.94. The van der Waals surface area contributed by atoms with E-state index >= 15 is 0 Å². The number of esters is 1. The Hall–Kier alpha value is -3.85. The largest absolute Gasteiger partial charge is 0.462 e. The molecule has 0 N–H and O–H groups in total. The maximum absolute atomic E-state index is 13.6. The number of halogens is 4. The van der Waals surface area contributed by atoms with Gasteiger partial charge in [-0.25, -0.2) is 4.79 Å². The smallest absolute Gasteiger partial charge is 0.435 e. The van der Waals surface area contributed by atoms with Gasteiger partial charge >= 0.3 is 12.1 Å². The molecule has 2 aromatic carbocycles. The highest BCUT2D eigenvalue weighted by atomic mass is 35.5. The first-order valence-corrected chi connectivity index (χ1v) is 10.4. The van der Waals surface area contributed by atoms with Crippen LogP contribution in [0, 0.1) is 0 Å². The fourth-order valence-electron chi connectivity index (χ4n) is 3.22. The molecule has 1 aromatic heterocycles. The van der Waals surface area contributed by atoms with Crippen molar-refractivity contribution in [2.75, 3.05) is 11.6 Å². The predicted molar refractivity (Wildman–Crippen MR) is 121 cm³/mol. The van der Waals surface area contributed by atoms with E-state index in [4.69, 9.17) is 20.8 Å². The number of hydrogen-bond donors (Lipinski definition) is 0. The van der Waals surface area contributed by atoms with Crippen molar-refractivity contribution in [3.8, 4) is 11.3 Å². The number of carbonyl (C=O) groups is 2. The maximum atomic E-state index is 13.6. The van der Waals surface area contributed by atoms with Gasteiger partial charge in [0.15, 0.2) is 5.71 Å². The van der Waals surface area contributed by atoms with Gasteiger partial charge in [0.1, 0.15) is 11.5 Å². The van der Waals surface area contributed by atoms with Crippen LogP contribution in [0.3, 0.4) is 0 Å². The minimum atomic E-state index is -4.86. The Balaban J connectivity index is 1.63. The molecule has 0 radical (unpaired) electrons. The molecule has 0 saturated carbocycles. The highest BCUT2D eigenvalue weighted by Gasteiger charge is 2.47. The molecule has 0 atom stereocenters. The van der Waals surface area contributed by atoms with Crippen LogP contribution in [0.15, 0.2) is 75.8 Å². The predicted octanol–water partition coefficient (Wildman–Crippen LogP) is 6.13. The molecular weight excluding hydrogens is 473 g/mol. The number of ether oxygens (including phenoxy) is 1. The second kappa shape index (κ2) is 9.18. The summed E-state index contributed by atoms with van der Waals surface area (Å²) < 4.78 is 51.5. The van der Waals surface area contributed by atoms with E-state index in [1.807, 2.05) is 0 Å². The van der Waals surface area contributed by atoms with Crippen LogP contribution in [-0.4, -0.2) is 30.4 Å². The third kappa shape index (κ3) is 4.74. The topological polar surface area (TPSA) is 72.1 Å². The second-order valence-electron chi connectivity index (χ2n) is 7.10. The third-order valence-corrected chi connectivity index (χ3v) is 5.06. The van der Waals surface area contributed by atoms with Crippen LogP contribution in [0.25, 0.3) is 17.4 Å². The minimum Gasteiger partial charge on any atom is -0.462 e. The number of furan rings is 1. The van der Waals surface area contributed by atoms with E-state index in [0.717, 1.165) is 6.08 Å². The van der Waals surface area contributed by atoms with E-state index in [-0.39, 0.29) is 18.1 Å². The highest BCUT2D eigenvalue weighted by Crippen LogP contribution is 2.34. The van der Waals surface area contributed by atoms with Gasteiger partial charge < -0.3 is 9.15 Å². The summed E-state index contributed by atoms with van der Waals surface area (Å²) in [4.78, 5) is 24.6. The molecule has 0 spiro atoms. The van der Waals surface area contributed by atoms with Gasteiger partial charge in [0.25, 0.3) is 5.91 Å². The summed E-state index contributed by atoms with van der Waals surface area (Å²) in [7, 11) is 0. The van der Waals surface area contributed by atoms with Crippen molar-refractivity contribution in [3.05, 3.63) is 82.6 Å². The van der Waals surface area contributed by atoms with E-state index in [2.05, 4.69) is 5.10 Å². The average Bonchev–Trinajstić information content (AvgIpc) is 3.40. The molecule has 0 bridgehead atoms. The summed E-state index contributed by atoms with van der Waals surface area (Å²) in [5.41, 5.74) is -0.904. The van der Waals surface area contributed by atoms with Crippen LogP contribution in [0.2, 0.25) is 5.02 Å². The fourth-order valence-corrected chi connectivity index (χ4v) is 3.35. The maximum Gasteiger partial charge on any atom is 0.435 e. The Morgan fingerprint density at radius 3 is 2.38 bits per heavy atom. The van der Waals surface area contributed by atoms with Crippen molar-refractivity contribution in [1.29, 1.82) is 0 Å². The Labute approximate surface area is 196 Å². The number of amides is 1. The lowest BCUT2D eigenvalue weighted by Gasteiger charge is -2.11. The van der Waals surface area contributed by atoms with Crippen LogP contribution in [0.5, 0.6) is 0 Å². The first-order chi connectivity index (χ1) is 16.2. The third-order valence-electron chi connectivity index (χ3n) is 4.81. The van der Waals surface area contributed by atoms with Gasteiger partial charge in [-0.15, -0.1) is 0 Å². The lowest BCUT2D eigenvalue weighted by atomic mass is 10.1. The number of nitrogens with zero attached hydrogens (tertiary/aromatic N) is 2. The summed E-state index contributed by atoms with van der Waals surface area (Å²) in [6.07, 6.45) is -3.86.